The van der Waals surface area contributed by atoms with Crippen molar-refractivity contribution >= 4 is 22.2 Å². The van der Waals surface area contributed by atoms with E-state index in [0.29, 0.717) is 11.1 Å². The van der Waals surface area contributed by atoms with Crippen LogP contribution in [0.4, 0.5) is 4.39 Å². The molecule has 0 aliphatic rings. The Balaban J connectivity index is 2.00. The van der Waals surface area contributed by atoms with Crippen molar-refractivity contribution in [2.24, 2.45) is 0 Å². The van der Waals surface area contributed by atoms with E-state index in [1.807, 2.05) is 48.7 Å². The van der Waals surface area contributed by atoms with Gasteiger partial charge in [-0.25, -0.2) is 4.39 Å². The molecule has 0 aliphatic carbocycles. The Bertz CT molecular complexity index is 999. The van der Waals surface area contributed by atoms with Gasteiger partial charge in [0, 0.05) is 28.2 Å². The van der Waals surface area contributed by atoms with Crippen LogP contribution in [0.5, 0.6) is 0 Å². The highest BCUT2D eigenvalue weighted by atomic mass is 19.1. The summed E-state index contributed by atoms with van der Waals surface area (Å²) < 4.78 is 15.1. The van der Waals surface area contributed by atoms with E-state index in [9.17, 15) is 9.18 Å². The second kappa shape index (κ2) is 4.81. The number of carbonyl (C=O) groups is 1. The summed E-state index contributed by atoms with van der Waals surface area (Å²) in [4.78, 5) is 12.8. The van der Waals surface area contributed by atoms with Crippen LogP contribution < -0.4 is 0 Å². The van der Waals surface area contributed by atoms with Crippen LogP contribution in [0.2, 0.25) is 0 Å². The van der Waals surface area contributed by atoms with Gasteiger partial charge in [0.2, 0.25) is 0 Å². The van der Waals surface area contributed by atoms with E-state index in [4.69, 9.17) is 0 Å². The Labute approximate surface area is 126 Å². The maximum atomic E-state index is 13.1. The molecule has 0 amide bonds. The van der Waals surface area contributed by atoms with Crippen molar-refractivity contribution in [3.8, 4) is 0 Å². The molecule has 2 heterocycles. The van der Waals surface area contributed by atoms with Crippen molar-refractivity contribution in [1.82, 2.24) is 4.40 Å². The van der Waals surface area contributed by atoms with Crippen LogP contribution in [-0.2, 0) is 0 Å². The molecule has 0 saturated heterocycles. The minimum absolute atomic E-state index is 0.0973. The van der Waals surface area contributed by atoms with Gasteiger partial charge < -0.3 is 4.40 Å². The van der Waals surface area contributed by atoms with Gasteiger partial charge in [0.15, 0.2) is 5.78 Å². The van der Waals surface area contributed by atoms with Gasteiger partial charge in [-0.3, -0.25) is 4.79 Å². The van der Waals surface area contributed by atoms with Crippen molar-refractivity contribution < 1.29 is 9.18 Å². The average Bonchev–Trinajstić information content (AvgIpc) is 3.03. The zero-order chi connectivity index (χ0) is 15.1. The average molecular weight is 289 g/mol. The Morgan fingerprint density at radius 2 is 1.68 bits per heavy atom. The van der Waals surface area contributed by atoms with E-state index >= 15 is 0 Å². The lowest BCUT2D eigenvalue weighted by Crippen LogP contribution is -2.04. The lowest BCUT2D eigenvalue weighted by molar-refractivity contribution is 0.104. The van der Waals surface area contributed by atoms with E-state index in [1.165, 1.54) is 24.3 Å². The molecule has 3 heteroatoms. The third-order valence-corrected chi connectivity index (χ3v) is 3.88. The first-order valence-corrected chi connectivity index (χ1v) is 7.03. The molecule has 2 nitrogen and oxygen atoms in total. The smallest absolute Gasteiger partial charge is 0.193 e. The predicted molar refractivity (Wildman–Crippen MR) is 84.7 cm³/mol. The summed E-state index contributed by atoms with van der Waals surface area (Å²) in [7, 11) is 0. The van der Waals surface area contributed by atoms with Crippen LogP contribution in [0.25, 0.3) is 16.4 Å². The molecule has 0 bridgehead atoms. The number of carbonyl (C=O) groups excluding carboxylic acids is 1. The number of benzene rings is 2. The largest absolute Gasteiger partial charge is 0.317 e. The quantitative estimate of drug-likeness (QED) is 0.499. The second-order valence-electron chi connectivity index (χ2n) is 5.21. The molecule has 0 atom stereocenters. The van der Waals surface area contributed by atoms with Crippen LogP contribution in [0.1, 0.15) is 15.9 Å². The number of ketones is 1. The minimum atomic E-state index is -0.344. The first kappa shape index (κ1) is 12.8. The maximum Gasteiger partial charge on any atom is 0.193 e. The van der Waals surface area contributed by atoms with Gasteiger partial charge >= 0.3 is 0 Å². The van der Waals surface area contributed by atoms with Gasteiger partial charge in [-0.15, -0.1) is 0 Å². The van der Waals surface area contributed by atoms with Crippen LogP contribution in [0.3, 0.4) is 0 Å². The molecule has 0 saturated carbocycles. The minimum Gasteiger partial charge on any atom is -0.317 e. The highest BCUT2D eigenvalue weighted by molar-refractivity contribution is 6.16. The fourth-order valence-electron chi connectivity index (χ4n) is 2.81. The Morgan fingerprint density at radius 1 is 0.909 bits per heavy atom. The van der Waals surface area contributed by atoms with Crippen molar-refractivity contribution in [2.75, 3.05) is 0 Å². The van der Waals surface area contributed by atoms with Crippen molar-refractivity contribution in [1.29, 1.82) is 0 Å². The standard InChI is InChI=1S/C19H12FNO/c20-14-9-7-13(8-10-14)19(22)17-12-15-4-3-11-21(15)18-6-2-1-5-16(17)18/h1-12H. The van der Waals surface area contributed by atoms with Gasteiger partial charge in [0.05, 0.1) is 5.52 Å². The summed E-state index contributed by atoms with van der Waals surface area (Å²) in [6.45, 7) is 0. The zero-order valence-electron chi connectivity index (χ0n) is 11.7. The molecular formula is C19H12FNO. The molecule has 106 valence electrons. The maximum absolute atomic E-state index is 13.1. The number of pyridine rings is 1. The fourth-order valence-corrected chi connectivity index (χ4v) is 2.81. The monoisotopic (exact) mass is 289 g/mol. The first-order valence-electron chi connectivity index (χ1n) is 7.03. The molecule has 0 spiro atoms. The highest BCUT2D eigenvalue weighted by Gasteiger charge is 2.14. The molecule has 2 aromatic heterocycles. The molecule has 4 rings (SSSR count). The number of nitrogens with zero attached hydrogens (tertiary/aromatic N) is 1. The Kier molecular flexibility index (Phi) is 2.79. The number of para-hydroxylation sites is 1. The van der Waals surface area contributed by atoms with Crippen molar-refractivity contribution in [3.63, 3.8) is 0 Å². The van der Waals surface area contributed by atoms with E-state index in [-0.39, 0.29) is 11.6 Å². The third kappa shape index (κ3) is 1.91. The lowest BCUT2D eigenvalue weighted by Gasteiger charge is -2.09. The molecule has 0 unspecified atom stereocenters. The molecule has 2 aromatic carbocycles. The van der Waals surface area contributed by atoms with Crippen molar-refractivity contribution in [3.05, 3.63) is 89.9 Å². The van der Waals surface area contributed by atoms with Crippen LogP contribution in [-0.4, -0.2) is 10.2 Å². The van der Waals surface area contributed by atoms with Crippen molar-refractivity contribution in [2.45, 2.75) is 0 Å². The summed E-state index contributed by atoms with van der Waals surface area (Å²) in [5.74, 6) is -0.441. The molecule has 0 aliphatic heterocycles. The van der Waals surface area contributed by atoms with Crippen LogP contribution in [0, 0.1) is 5.82 Å². The summed E-state index contributed by atoms with van der Waals surface area (Å²) in [5, 5.41) is 0.889. The Hall–Kier alpha value is -2.94. The molecule has 0 N–H and O–H groups in total. The molecule has 0 radical (unpaired) electrons. The summed E-state index contributed by atoms with van der Waals surface area (Å²) in [6, 6.07) is 19.3. The molecule has 0 fully saturated rings. The lowest BCUT2D eigenvalue weighted by atomic mass is 9.99. The number of hydrogen-bond acceptors (Lipinski definition) is 1. The number of halogens is 1. The molecule has 22 heavy (non-hydrogen) atoms. The normalized spacial score (nSPS) is 11.1. The highest BCUT2D eigenvalue weighted by Crippen LogP contribution is 2.24. The van der Waals surface area contributed by atoms with E-state index in [2.05, 4.69) is 4.40 Å². The van der Waals surface area contributed by atoms with Crippen LogP contribution in [0.15, 0.2) is 72.9 Å². The summed E-state index contributed by atoms with van der Waals surface area (Å²) in [5.41, 5.74) is 3.07. The predicted octanol–water partition coefficient (Wildman–Crippen LogP) is 4.46. The molecule has 4 aromatic rings. The van der Waals surface area contributed by atoms with Gasteiger partial charge in [-0.2, -0.15) is 0 Å². The van der Waals surface area contributed by atoms with E-state index in [1.54, 1.807) is 0 Å². The van der Waals surface area contributed by atoms with Gasteiger partial charge in [-0.05, 0) is 48.5 Å². The Morgan fingerprint density at radius 3 is 2.50 bits per heavy atom. The summed E-state index contributed by atoms with van der Waals surface area (Å²) >= 11 is 0. The van der Waals surface area contributed by atoms with Crippen LogP contribution >= 0.6 is 0 Å². The number of aromatic nitrogens is 1. The zero-order valence-corrected chi connectivity index (χ0v) is 11.7. The molecular weight excluding hydrogens is 277 g/mol. The van der Waals surface area contributed by atoms with E-state index in [0.717, 1.165) is 16.4 Å². The fraction of sp³-hybridized carbons (Fsp3) is 0. The van der Waals surface area contributed by atoms with Gasteiger partial charge in [0.1, 0.15) is 5.82 Å². The second-order valence-corrected chi connectivity index (χ2v) is 5.21. The number of rotatable bonds is 2. The third-order valence-electron chi connectivity index (χ3n) is 3.88. The first-order chi connectivity index (χ1) is 10.7. The number of hydrogen-bond donors (Lipinski definition) is 0. The summed E-state index contributed by atoms with van der Waals surface area (Å²) in [6.07, 6.45) is 1.98. The van der Waals surface area contributed by atoms with Gasteiger partial charge in [-0.1, -0.05) is 18.2 Å². The number of fused-ring (bicyclic) bond motifs is 3. The van der Waals surface area contributed by atoms with E-state index < -0.39 is 0 Å². The topological polar surface area (TPSA) is 21.5 Å². The van der Waals surface area contributed by atoms with Gasteiger partial charge in [0.25, 0.3) is 0 Å². The SMILES string of the molecule is O=C(c1ccc(F)cc1)c1cc2cccn2c2ccccc12.